The molecule has 35 heavy (non-hydrogen) atoms. The molecule has 0 saturated heterocycles. The quantitative estimate of drug-likeness (QED) is 0.160. The number of thiol groups is 1. The van der Waals surface area contributed by atoms with Crippen LogP contribution in [0.5, 0.6) is 0 Å². The van der Waals surface area contributed by atoms with Gasteiger partial charge in [0.15, 0.2) is 0 Å². The van der Waals surface area contributed by atoms with E-state index in [4.69, 9.17) is 10.8 Å². The molecule has 0 bridgehead atoms. The summed E-state index contributed by atoms with van der Waals surface area (Å²) in [6, 6.07) is 4.40. The SMILES string of the molecule is CC(C)CC(NC(=O)C(Cc1ccccc1)NC(=O)C(N)CS)C(=O)NC(CCC(=O)O)C(=O)O. The van der Waals surface area contributed by atoms with Crippen LogP contribution in [0.3, 0.4) is 0 Å². The molecule has 0 aliphatic rings. The predicted octanol–water partition coefficient (Wildman–Crippen LogP) is -0.0639. The Hall–Kier alpha value is -3.12. The minimum atomic E-state index is -1.43. The number of carbonyl (C=O) groups is 5. The summed E-state index contributed by atoms with van der Waals surface area (Å²) in [5.41, 5.74) is 6.49. The topological polar surface area (TPSA) is 188 Å². The van der Waals surface area contributed by atoms with E-state index in [2.05, 4.69) is 28.6 Å². The lowest BCUT2D eigenvalue weighted by Gasteiger charge is -2.26. The van der Waals surface area contributed by atoms with Crippen LogP contribution in [0.15, 0.2) is 30.3 Å². The molecule has 194 valence electrons. The van der Waals surface area contributed by atoms with Crippen LogP contribution >= 0.6 is 12.6 Å². The molecular weight excluding hydrogens is 476 g/mol. The Labute approximate surface area is 209 Å². The highest BCUT2D eigenvalue weighted by atomic mass is 32.1. The van der Waals surface area contributed by atoms with Crippen molar-refractivity contribution in [3.8, 4) is 0 Å². The van der Waals surface area contributed by atoms with Crippen molar-refractivity contribution in [3.63, 3.8) is 0 Å². The van der Waals surface area contributed by atoms with Crippen LogP contribution in [0.1, 0.15) is 38.7 Å². The maximum absolute atomic E-state index is 13.2. The van der Waals surface area contributed by atoms with E-state index in [1.54, 1.807) is 30.3 Å². The Morgan fingerprint density at radius 2 is 1.43 bits per heavy atom. The Morgan fingerprint density at radius 1 is 0.886 bits per heavy atom. The fourth-order valence-corrected chi connectivity index (χ4v) is 3.36. The standard InChI is InChI=1S/C23H34N4O7S/c1-13(2)10-17(21(31)25-16(23(33)34)8-9-19(28)29)27-22(32)18(26-20(30)15(24)12-35)11-14-6-4-3-5-7-14/h3-7,13,15-18,35H,8-12,24H2,1-2H3,(H,25,31)(H,26,30)(H,27,32)(H,28,29)(H,33,34). The summed E-state index contributed by atoms with van der Waals surface area (Å²) in [5.74, 6) is -4.56. The summed E-state index contributed by atoms with van der Waals surface area (Å²) in [5, 5.41) is 25.7. The van der Waals surface area contributed by atoms with Crippen molar-refractivity contribution in [3.05, 3.63) is 35.9 Å². The van der Waals surface area contributed by atoms with Crippen LogP contribution in [-0.4, -0.2) is 69.8 Å². The second-order valence-electron chi connectivity index (χ2n) is 8.56. The molecule has 0 fully saturated rings. The van der Waals surface area contributed by atoms with E-state index >= 15 is 0 Å². The number of hydrogen-bond acceptors (Lipinski definition) is 7. The summed E-state index contributed by atoms with van der Waals surface area (Å²) in [4.78, 5) is 60.7. The second-order valence-corrected chi connectivity index (χ2v) is 8.93. The number of carboxylic acid groups (broad SMARTS) is 2. The third-order valence-corrected chi connectivity index (χ3v) is 5.44. The highest BCUT2D eigenvalue weighted by Crippen LogP contribution is 2.09. The largest absolute Gasteiger partial charge is 0.481 e. The van der Waals surface area contributed by atoms with Crippen LogP contribution in [0.25, 0.3) is 0 Å². The van der Waals surface area contributed by atoms with Gasteiger partial charge >= 0.3 is 11.9 Å². The van der Waals surface area contributed by atoms with Crippen molar-refractivity contribution in [1.29, 1.82) is 0 Å². The normalized spacial score (nSPS) is 14.3. The average Bonchev–Trinajstić information content (AvgIpc) is 2.79. The molecule has 0 aliphatic heterocycles. The van der Waals surface area contributed by atoms with Gasteiger partial charge in [-0.2, -0.15) is 12.6 Å². The molecule has 1 aromatic carbocycles. The lowest BCUT2D eigenvalue weighted by Crippen LogP contribution is -2.58. The maximum atomic E-state index is 13.2. The zero-order chi connectivity index (χ0) is 26.5. The van der Waals surface area contributed by atoms with Gasteiger partial charge in [-0.15, -0.1) is 0 Å². The predicted molar refractivity (Wildman–Crippen MR) is 132 cm³/mol. The van der Waals surface area contributed by atoms with Crippen LogP contribution in [-0.2, 0) is 30.4 Å². The van der Waals surface area contributed by atoms with Gasteiger partial charge in [-0.1, -0.05) is 44.2 Å². The maximum Gasteiger partial charge on any atom is 0.326 e. The lowest BCUT2D eigenvalue weighted by atomic mass is 10.0. The Kier molecular flexibility index (Phi) is 12.8. The van der Waals surface area contributed by atoms with E-state index in [0.717, 1.165) is 5.56 Å². The van der Waals surface area contributed by atoms with Crippen LogP contribution in [0.2, 0.25) is 0 Å². The number of rotatable bonds is 15. The summed E-state index contributed by atoms with van der Waals surface area (Å²) >= 11 is 4.00. The first-order chi connectivity index (χ1) is 16.4. The zero-order valence-electron chi connectivity index (χ0n) is 19.8. The van der Waals surface area contributed by atoms with Gasteiger partial charge < -0.3 is 31.9 Å². The Bertz CT molecular complexity index is 882. The second kappa shape index (κ2) is 15.0. The fraction of sp³-hybridized carbons (Fsp3) is 0.522. The summed E-state index contributed by atoms with van der Waals surface area (Å²) in [6.45, 7) is 3.64. The number of nitrogens with two attached hydrogens (primary N) is 1. The minimum Gasteiger partial charge on any atom is -0.481 e. The molecule has 12 heteroatoms. The molecule has 1 rings (SSSR count). The number of aliphatic carboxylic acids is 2. The number of carbonyl (C=O) groups excluding carboxylic acids is 3. The molecule has 0 aromatic heterocycles. The minimum absolute atomic E-state index is 0.0480. The Balaban J connectivity index is 3.06. The first-order valence-corrected chi connectivity index (χ1v) is 11.8. The van der Waals surface area contributed by atoms with Gasteiger partial charge in [0.05, 0.1) is 6.04 Å². The molecule has 0 aliphatic carbocycles. The third-order valence-electron chi connectivity index (χ3n) is 5.05. The van der Waals surface area contributed by atoms with Crippen LogP contribution in [0.4, 0.5) is 0 Å². The first-order valence-electron chi connectivity index (χ1n) is 11.2. The van der Waals surface area contributed by atoms with Crippen LogP contribution in [0, 0.1) is 5.92 Å². The summed E-state index contributed by atoms with van der Waals surface area (Å²) < 4.78 is 0. The van der Waals surface area contributed by atoms with E-state index in [1.165, 1.54) is 0 Å². The first kappa shape index (κ1) is 29.9. The van der Waals surface area contributed by atoms with E-state index in [9.17, 15) is 29.1 Å². The molecule has 0 heterocycles. The monoisotopic (exact) mass is 510 g/mol. The Morgan fingerprint density at radius 3 is 1.94 bits per heavy atom. The molecule has 3 amide bonds. The van der Waals surface area contributed by atoms with Gasteiger partial charge in [0.1, 0.15) is 18.1 Å². The number of amides is 3. The van der Waals surface area contributed by atoms with Crippen molar-refractivity contribution < 1.29 is 34.2 Å². The van der Waals surface area contributed by atoms with Crippen molar-refractivity contribution >= 4 is 42.3 Å². The van der Waals surface area contributed by atoms with E-state index in [0.29, 0.717) is 0 Å². The molecule has 7 N–H and O–H groups in total. The van der Waals surface area contributed by atoms with Gasteiger partial charge in [-0.25, -0.2) is 4.79 Å². The molecule has 4 unspecified atom stereocenters. The smallest absolute Gasteiger partial charge is 0.326 e. The molecular formula is C23H34N4O7S. The summed E-state index contributed by atoms with van der Waals surface area (Å²) in [6.07, 6.45) is -0.447. The number of hydrogen-bond donors (Lipinski definition) is 7. The average molecular weight is 511 g/mol. The van der Waals surface area contributed by atoms with Crippen LogP contribution < -0.4 is 21.7 Å². The molecule has 11 nitrogen and oxygen atoms in total. The van der Waals surface area contributed by atoms with E-state index in [-0.39, 0.29) is 30.9 Å². The van der Waals surface area contributed by atoms with E-state index in [1.807, 2.05) is 13.8 Å². The van der Waals surface area contributed by atoms with Gasteiger partial charge in [0, 0.05) is 18.6 Å². The fourth-order valence-electron chi connectivity index (χ4n) is 3.19. The van der Waals surface area contributed by atoms with E-state index < -0.39 is 60.2 Å². The summed E-state index contributed by atoms with van der Waals surface area (Å²) in [7, 11) is 0. The third kappa shape index (κ3) is 11.2. The van der Waals surface area contributed by atoms with Gasteiger partial charge in [-0.3, -0.25) is 19.2 Å². The van der Waals surface area contributed by atoms with Gasteiger partial charge in [-0.05, 0) is 24.3 Å². The molecule has 1 aromatic rings. The van der Waals surface area contributed by atoms with Crippen molar-refractivity contribution in [2.75, 3.05) is 5.75 Å². The number of carboxylic acids is 2. The van der Waals surface area contributed by atoms with Crippen molar-refractivity contribution in [2.45, 2.75) is 63.7 Å². The zero-order valence-corrected chi connectivity index (χ0v) is 20.7. The van der Waals surface area contributed by atoms with Gasteiger partial charge in [0.25, 0.3) is 0 Å². The molecule has 0 spiro atoms. The number of nitrogens with one attached hydrogen (secondary N) is 3. The molecule has 0 radical (unpaired) electrons. The van der Waals surface area contributed by atoms with Crippen molar-refractivity contribution in [2.24, 2.45) is 11.7 Å². The van der Waals surface area contributed by atoms with Gasteiger partial charge in [0.2, 0.25) is 17.7 Å². The lowest BCUT2D eigenvalue weighted by molar-refractivity contribution is -0.143. The molecule has 0 saturated carbocycles. The molecule has 4 atom stereocenters. The van der Waals surface area contributed by atoms with Crippen molar-refractivity contribution in [1.82, 2.24) is 16.0 Å². The highest BCUT2D eigenvalue weighted by Gasteiger charge is 2.31. The number of benzene rings is 1. The highest BCUT2D eigenvalue weighted by molar-refractivity contribution is 7.80.